The lowest BCUT2D eigenvalue weighted by atomic mass is 9.98. The largest absolute Gasteiger partial charge is 0.394 e. The number of aliphatic hydroxyl groups excluding tert-OH is 1. The van der Waals surface area contributed by atoms with Crippen molar-refractivity contribution < 1.29 is 5.11 Å². The second kappa shape index (κ2) is 7.06. The fourth-order valence-corrected chi connectivity index (χ4v) is 3.46. The fourth-order valence-electron chi connectivity index (χ4n) is 3.46. The Labute approximate surface area is 166 Å². The third-order valence-electron chi connectivity index (χ3n) is 5.06. The lowest BCUT2D eigenvalue weighted by Crippen LogP contribution is -2.05. The van der Waals surface area contributed by atoms with Crippen molar-refractivity contribution in [2.45, 2.75) is 19.4 Å². The Balaban J connectivity index is 1.55. The smallest absolute Gasteiger partial charge is 0.177 e. The summed E-state index contributed by atoms with van der Waals surface area (Å²) >= 11 is 0. The molecule has 5 aromatic rings. The molecule has 144 valence electrons. The van der Waals surface area contributed by atoms with Crippen LogP contribution < -0.4 is 0 Å². The molecule has 4 aromatic heterocycles. The van der Waals surface area contributed by atoms with Gasteiger partial charge in [0.25, 0.3) is 0 Å². The Morgan fingerprint density at radius 2 is 2.03 bits per heavy atom. The first-order chi connectivity index (χ1) is 14.2. The van der Waals surface area contributed by atoms with Gasteiger partial charge in [0.1, 0.15) is 0 Å². The molecule has 1 N–H and O–H groups in total. The Morgan fingerprint density at radius 1 is 1.10 bits per heavy atom. The fraction of sp³-hybridized carbons (Fsp3) is 0.190. The molecule has 4 heterocycles. The molecule has 0 aliphatic rings. The van der Waals surface area contributed by atoms with Gasteiger partial charge >= 0.3 is 0 Å². The summed E-state index contributed by atoms with van der Waals surface area (Å²) in [6.45, 7) is 2.59. The van der Waals surface area contributed by atoms with Crippen LogP contribution in [0.15, 0.2) is 61.1 Å². The van der Waals surface area contributed by atoms with Crippen LogP contribution in [0.4, 0.5) is 0 Å². The highest BCUT2D eigenvalue weighted by Gasteiger charge is 2.18. The Morgan fingerprint density at radius 3 is 2.93 bits per heavy atom. The van der Waals surface area contributed by atoms with Crippen molar-refractivity contribution in [3.8, 4) is 11.3 Å². The predicted octanol–water partition coefficient (Wildman–Crippen LogP) is 2.68. The van der Waals surface area contributed by atoms with Gasteiger partial charge in [-0.25, -0.2) is 0 Å². The van der Waals surface area contributed by atoms with Crippen LogP contribution in [0, 0.1) is 0 Å². The minimum Gasteiger partial charge on any atom is -0.394 e. The van der Waals surface area contributed by atoms with Crippen LogP contribution in [0.1, 0.15) is 24.2 Å². The highest BCUT2D eigenvalue weighted by atomic mass is 16.3. The van der Waals surface area contributed by atoms with E-state index in [0.29, 0.717) is 12.2 Å². The zero-order chi connectivity index (χ0) is 19.8. The molecule has 0 amide bonds. The molecule has 1 aromatic carbocycles. The minimum absolute atomic E-state index is 0.00877. The number of benzene rings is 1. The second-order valence-corrected chi connectivity index (χ2v) is 6.94. The van der Waals surface area contributed by atoms with E-state index >= 15 is 0 Å². The van der Waals surface area contributed by atoms with Crippen molar-refractivity contribution in [3.05, 3.63) is 72.4 Å². The van der Waals surface area contributed by atoms with Gasteiger partial charge in [0.2, 0.25) is 0 Å². The SMILES string of the molecule is CC(c1ccc2ncccc2c1)c1nnc2ccc(-c3cnn(CCO)c3)nn12. The minimum atomic E-state index is 0.00877. The molecule has 0 saturated carbocycles. The van der Waals surface area contributed by atoms with Gasteiger partial charge in [-0.1, -0.05) is 19.1 Å². The van der Waals surface area contributed by atoms with Gasteiger partial charge in [-0.15, -0.1) is 10.2 Å². The first-order valence-corrected chi connectivity index (χ1v) is 9.43. The summed E-state index contributed by atoms with van der Waals surface area (Å²) in [6.07, 6.45) is 5.41. The van der Waals surface area contributed by atoms with E-state index in [-0.39, 0.29) is 12.5 Å². The Bertz CT molecular complexity index is 1310. The molecular weight excluding hydrogens is 366 g/mol. The topological polar surface area (TPSA) is 94.0 Å². The molecule has 0 radical (unpaired) electrons. The van der Waals surface area contributed by atoms with Crippen molar-refractivity contribution in [2.24, 2.45) is 0 Å². The predicted molar refractivity (Wildman–Crippen MR) is 108 cm³/mol. The molecule has 8 nitrogen and oxygen atoms in total. The van der Waals surface area contributed by atoms with Gasteiger partial charge in [-0.3, -0.25) is 9.67 Å². The standard InChI is InChI=1S/C21H19N7O/c1-14(15-4-5-18-16(11-15)3-2-8-22-18)21-25-24-20-7-6-19(26-28(20)21)17-12-23-27(13-17)9-10-29/h2-8,11-14,29H,9-10H2,1H3. The van der Waals surface area contributed by atoms with Crippen molar-refractivity contribution in [1.29, 1.82) is 0 Å². The zero-order valence-electron chi connectivity index (χ0n) is 15.8. The van der Waals surface area contributed by atoms with Gasteiger partial charge in [-0.05, 0) is 35.9 Å². The highest BCUT2D eigenvalue weighted by Crippen LogP contribution is 2.26. The first kappa shape index (κ1) is 17.4. The van der Waals surface area contributed by atoms with E-state index in [1.165, 1.54) is 0 Å². The molecule has 8 heteroatoms. The molecule has 0 aliphatic heterocycles. The van der Waals surface area contributed by atoms with Crippen LogP contribution in [0.5, 0.6) is 0 Å². The molecule has 0 saturated heterocycles. The van der Waals surface area contributed by atoms with E-state index < -0.39 is 0 Å². The summed E-state index contributed by atoms with van der Waals surface area (Å²) in [6, 6.07) is 14.0. The third kappa shape index (κ3) is 3.13. The number of hydrogen-bond acceptors (Lipinski definition) is 6. The maximum absolute atomic E-state index is 9.08. The van der Waals surface area contributed by atoms with Crippen molar-refractivity contribution in [1.82, 2.24) is 34.6 Å². The number of rotatable bonds is 5. The first-order valence-electron chi connectivity index (χ1n) is 9.43. The van der Waals surface area contributed by atoms with E-state index in [1.54, 1.807) is 21.6 Å². The zero-order valence-corrected chi connectivity index (χ0v) is 15.8. The number of fused-ring (bicyclic) bond motifs is 2. The molecule has 29 heavy (non-hydrogen) atoms. The van der Waals surface area contributed by atoms with Crippen LogP contribution in [0.25, 0.3) is 27.8 Å². The van der Waals surface area contributed by atoms with Gasteiger partial charge in [0.15, 0.2) is 11.5 Å². The number of pyridine rings is 1. The van der Waals surface area contributed by atoms with E-state index in [4.69, 9.17) is 10.2 Å². The van der Waals surface area contributed by atoms with Crippen LogP contribution in [0.3, 0.4) is 0 Å². The van der Waals surface area contributed by atoms with E-state index in [9.17, 15) is 0 Å². The molecule has 1 unspecified atom stereocenters. The second-order valence-electron chi connectivity index (χ2n) is 6.94. The monoisotopic (exact) mass is 385 g/mol. The average Bonchev–Trinajstić information content (AvgIpc) is 3.40. The van der Waals surface area contributed by atoms with Crippen molar-refractivity contribution in [2.75, 3.05) is 6.61 Å². The molecular formula is C21H19N7O. The van der Waals surface area contributed by atoms with Crippen molar-refractivity contribution in [3.63, 3.8) is 0 Å². The quantitative estimate of drug-likeness (QED) is 0.500. The van der Waals surface area contributed by atoms with Gasteiger partial charge in [0, 0.05) is 29.3 Å². The number of aliphatic hydroxyl groups is 1. The molecule has 5 rings (SSSR count). The Kier molecular flexibility index (Phi) is 4.25. The summed E-state index contributed by atoms with van der Waals surface area (Å²) in [7, 11) is 0. The normalized spacial score (nSPS) is 12.6. The maximum Gasteiger partial charge on any atom is 0.177 e. The summed E-state index contributed by atoms with van der Waals surface area (Å²) in [4.78, 5) is 4.39. The lowest BCUT2D eigenvalue weighted by molar-refractivity contribution is 0.269. The average molecular weight is 385 g/mol. The van der Waals surface area contributed by atoms with Crippen LogP contribution in [0.2, 0.25) is 0 Å². The molecule has 1 atom stereocenters. The summed E-state index contributed by atoms with van der Waals surface area (Å²) in [5, 5.41) is 27.9. The van der Waals surface area contributed by atoms with Gasteiger partial charge in [-0.2, -0.15) is 14.7 Å². The molecule has 0 aliphatic carbocycles. The van der Waals surface area contributed by atoms with Crippen molar-refractivity contribution >= 4 is 16.6 Å². The Hall–Kier alpha value is -3.65. The van der Waals surface area contributed by atoms with Gasteiger partial charge in [0.05, 0.1) is 30.6 Å². The number of hydrogen-bond donors (Lipinski definition) is 1. The van der Waals surface area contributed by atoms with Crippen LogP contribution in [-0.2, 0) is 6.54 Å². The summed E-state index contributed by atoms with van der Waals surface area (Å²) in [5.41, 5.74) is 4.44. The molecule has 0 spiro atoms. The third-order valence-corrected chi connectivity index (χ3v) is 5.06. The molecule has 0 bridgehead atoms. The van der Waals surface area contributed by atoms with E-state index in [2.05, 4.69) is 45.4 Å². The highest BCUT2D eigenvalue weighted by molar-refractivity contribution is 5.79. The number of aromatic nitrogens is 7. The van der Waals surface area contributed by atoms with Crippen LogP contribution in [-0.4, -0.2) is 46.3 Å². The maximum atomic E-state index is 9.08. The molecule has 0 fully saturated rings. The van der Waals surface area contributed by atoms with E-state index in [1.807, 2.05) is 30.5 Å². The lowest BCUT2D eigenvalue weighted by Gasteiger charge is -2.11. The summed E-state index contributed by atoms with van der Waals surface area (Å²) in [5.74, 6) is 0.780. The number of nitrogens with zero attached hydrogens (tertiary/aromatic N) is 7. The van der Waals surface area contributed by atoms with Gasteiger partial charge < -0.3 is 5.11 Å². The summed E-state index contributed by atoms with van der Waals surface area (Å²) < 4.78 is 3.48. The van der Waals surface area contributed by atoms with E-state index in [0.717, 1.165) is 33.5 Å². The van der Waals surface area contributed by atoms with Crippen LogP contribution >= 0.6 is 0 Å².